The van der Waals surface area contributed by atoms with Crippen LogP contribution in [0.25, 0.3) is 0 Å². The Hall–Kier alpha value is -1.22. The normalized spacial score (nSPS) is 31.2. The third-order valence-corrected chi connectivity index (χ3v) is 5.19. The molecule has 104 valence electrons. The molecule has 1 N–H and O–H groups in total. The van der Waals surface area contributed by atoms with E-state index >= 15 is 0 Å². The lowest BCUT2D eigenvalue weighted by atomic mass is 9.66. The van der Waals surface area contributed by atoms with Gasteiger partial charge in [-0.3, -0.25) is 0 Å². The highest BCUT2D eigenvalue weighted by Gasteiger charge is 2.48. The fourth-order valence-corrected chi connectivity index (χ4v) is 4.15. The topological polar surface area (TPSA) is 32.7 Å². The lowest BCUT2D eigenvalue weighted by Gasteiger charge is -2.41. The Morgan fingerprint density at radius 3 is 2.95 bits per heavy atom. The molecule has 1 saturated carbocycles. The molecule has 2 aliphatic rings. The van der Waals surface area contributed by atoms with Gasteiger partial charge in [-0.25, -0.2) is 0 Å². The fourth-order valence-electron chi connectivity index (χ4n) is 4.15. The molecular weight excluding hydrogens is 238 g/mol. The number of likely N-dealkylation sites (tertiary alicyclic amines) is 1. The van der Waals surface area contributed by atoms with Crippen LogP contribution in [0.1, 0.15) is 37.7 Å². The van der Waals surface area contributed by atoms with Crippen molar-refractivity contribution in [2.75, 3.05) is 20.7 Å². The van der Waals surface area contributed by atoms with Gasteiger partial charge in [0.15, 0.2) is 11.5 Å². The maximum Gasteiger partial charge on any atom is 0.160 e. The number of hydrogen-bond acceptors (Lipinski definition) is 3. The summed E-state index contributed by atoms with van der Waals surface area (Å²) in [5.41, 5.74) is 1.62. The standard InChI is InChI=1S/C16H23NO2/c1-17-10-9-16(8-4-3-5-15(16)17)12-6-7-13(18)14(11-12)19-2/h6-7,11,15,18H,3-5,8-10H2,1-2H3/t15-,16-/m0/s1. The summed E-state index contributed by atoms with van der Waals surface area (Å²) >= 11 is 0. The fraction of sp³-hybridized carbons (Fsp3) is 0.625. The van der Waals surface area contributed by atoms with E-state index in [4.69, 9.17) is 4.74 Å². The van der Waals surface area contributed by atoms with E-state index in [0.29, 0.717) is 11.8 Å². The molecular formula is C16H23NO2. The van der Waals surface area contributed by atoms with E-state index in [9.17, 15) is 5.11 Å². The lowest BCUT2D eigenvalue weighted by molar-refractivity contribution is 0.181. The van der Waals surface area contributed by atoms with E-state index in [-0.39, 0.29) is 11.2 Å². The molecule has 2 atom stereocenters. The average molecular weight is 261 g/mol. The number of hydrogen-bond donors (Lipinski definition) is 1. The van der Waals surface area contributed by atoms with Crippen molar-refractivity contribution in [2.45, 2.75) is 43.6 Å². The highest BCUT2D eigenvalue weighted by molar-refractivity contribution is 5.45. The number of phenolic OH excluding ortho intramolecular Hbond substituents is 1. The average Bonchev–Trinajstić information content (AvgIpc) is 2.78. The lowest BCUT2D eigenvalue weighted by Crippen LogP contribution is -2.43. The van der Waals surface area contributed by atoms with E-state index in [2.05, 4.69) is 18.0 Å². The van der Waals surface area contributed by atoms with Gasteiger partial charge in [-0.05, 0) is 50.6 Å². The molecule has 1 aromatic rings. The molecule has 0 radical (unpaired) electrons. The van der Waals surface area contributed by atoms with Crippen LogP contribution in [0, 0.1) is 0 Å². The Labute approximate surface area is 115 Å². The number of nitrogens with zero attached hydrogens (tertiary/aromatic N) is 1. The number of methoxy groups -OCH3 is 1. The van der Waals surface area contributed by atoms with Crippen molar-refractivity contribution >= 4 is 0 Å². The molecule has 0 unspecified atom stereocenters. The number of phenols is 1. The van der Waals surface area contributed by atoms with Gasteiger partial charge in [0.05, 0.1) is 7.11 Å². The third-order valence-electron chi connectivity index (χ3n) is 5.19. The molecule has 1 heterocycles. The van der Waals surface area contributed by atoms with Gasteiger partial charge < -0.3 is 14.7 Å². The van der Waals surface area contributed by atoms with Crippen LogP contribution in [0.4, 0.5) is 0 Å². The monoisotopic (exact) mass is 261 g/mol. The highest BCUT2D eigenvalue weighted by Crippen LogP contribution is 2.49. The summed E-state index contributed by atoms with van der Waals surface area (Å²) in [7, 11) is 3.87. The minimum absolute atomic E-state index is 0.237. The van der Waals surface area contributed by atoms with Gasteiger partial charge in [-0.2, -0.15) is 0 Å². The smallest absolute Gasteiger partial charge is 0.160 e. The zero-order valence-corrected chi connectivity index (χ0v) is 11.9. The quantitative estimate of drug-likeness (QED) is 0.888. The summed E-state index contributed by atoms with van der Waals surface area (Å²) in [6, 6.07) is 6.57. The van der Waals surface area contributed by atoms with Crippen LogP contribution in [0.3, 0.4) is 0 Å². The van der Waals surface area contributed by atoms with E-state index in [0.717, 1.165) is 0 Å². The van der Waals surface area contributed by atoms with Crippen molar-refractivity contribution in [2.24, 2.45) is 0 Å². The maximum atomic E-state index is 9.79. The molecule has 1 saturated heterocycles. The predicted octanol–water partition coefficient (Wildman–Crippen LogP) is 2.92. The molecule has 2 fully saturated rings. The van der Waals surface area contributed by atoms with Gasteiger partial charge in [0.25, 0.3) is 0 Å². The summed E-state index contributed by atoms with van der Waals surface area (Å²) in [6.07, 6.45) is 6.43. The van der Waals surface area contributed by atoms with Crippen LogP contribution < -0.4 is 4.74 Å². The van der Waals surface area contributed by atoms with E-state index < -0.39 is 0 Å². The summed E-state index contributed by atoms with van der Waals surface area (Å²) in [4.78, 5) is 2.51. The van der Waals surface area contributed by atoms with E-state index in [1.54, 1.807) is 13.2 Å². The second-order valence-corrected chi connectivity index (χ2v) is 6.03. The Bertz CT molecular complexity index is 470. The molecule has 1 aliphatic heterocycles. The Balaban J connectivity index is 2.03. The van der Waals surface area contributed by atoms with E-state index in [1.807, 2.05) is 6.07 Å². The number of likely N-dealkylation sites (N-methyl/N-ethyl adjacent to an activating group) is 1. The van der Waals surface area contributed by atoms with Gasteiger partial charge in [0.2, 0.25) is 0 Å². The van der Waals surface area contributed by atoms with Crippen molar-refractivity contribution in [1.29, 1.82) is 0 Å². The third kappa shape index (κ3) is 1.91. The summed E-state index contributed by atoms with van der Waals surface area (Å²) < 4.78 is 5.28. The first-order valence-corrected chi connectivity index (χ1v) is 7.25. The highest BCUT2D eigenvalue weighted by atomic mass is 16.5. The maximum absolute atomic E-state index is 9.79. The first-order valence-electron chi connectivity index (χ1n) is 7.25. The SMILES string of the molecule is COc1cc([C@@]23CCCC[C@@H]2N(C)CC3)ccc1O. The summed E-state index contributed by atoms with van der Waals surface area (Å²) in [5, 5.41) is 9.79. The van der Waals surface area contributed by atoms with Crippen LogP contribution in [-0.4, -0.2) is 36.8 Å². The minimum Gasteiger partial charge on any atom is -0.504 e. The zero-order chi connectivity index (χ0) is 13.5. The van der Waals surface area contributed by atoms with Gasteiger partial charge in [-0.1, -0.05) is 18.9 Å². The zero-order valence-electron chi connectivity index (χ0n) is 11.9. The van der Waals surface area contributed by atoms with Crippen molar-refractivity contribution in [3.05, 3.63) is 23.8 Å². The number of fused-ring (bicyclic) bond motifs is 1. The summed E-state index contributed by atoms with van der Waals surface area (Å²) in [6.45, 7) is 1.17. The number of aromatic hydroxyl groups is 1. The second-order valence-electron chi connectivity index (χ2n) is 6.03. The van der Waals surface area contributed by atoms with Crippen molar-refractivity contribution in [3.8, 4) is 11.5 Å². The number of rotatable bonds is 2. The van der Waals surface area contributed by atoms with Crippen LogP contribution in [0.15, 0.2) is 18.2 Å². The first kappa shape index (κ1) is 12.8. The molecule has 0 amide bonds. The van der Waals surface area contributed by atoms with Crippen LogP contribution in [0.2, 0.25) is 0 Å². The largest absolute Gasteiger partial charge is 0.504 e. The summed E-state index contributed by atoms with van der Waals surface area (Å²) in [5.74, 6) is 0.840. The molecule has 1 aromatic carbocycles. The van der Waals surface area contributed by atoms with Crippen LogP contribution in [0.5, 0.6) is 11.5 Å². The molecule has 3 nitrogen and oxygen atoms in total. The van der Waals surface area contributed by atoms with Crippen molar-refractivity contribution in [1.82, 2.24) is 4.90 Å². The molecule has 3 heteroatoms. The van der Waals surface area contributed by atoms with Crippen LogP contribution >= 0.6 is 0 Å². The molecule has 3 rings (SSSR count). The second kappa shape index (κ2) is 4.71. The molecule has 0 aromatic heterocycles. The molecule has 0 bridgehead atoms. The predicted molar refractivity (Wildman–Crippen MR) is 75.8 cm³/mol. The molecule has 19 heavy (non-hydrogen) atoms. The Morgan fingerprint density at radius 2 is 2.16 bits per heavy atom. The van der Waals surface area contributed by atoms with Gasteiger partial charge in [0, 0.05) is 11.5 Å². The van der Waals surface area contributed by atoms with E-state index in [1.165, 1.54) is 44.2 Å². The van der Waals surface area contributed by atoms with Gasteiger partial charge in [-0.15, -0.1) is 0 Å². The van der Waals surface area contributed by atoms with Gasteiger partial charge >= 0.3 is 0 Å². The van der Waals surface area contributed by atoms with Crippen molar-refractivity contribution in [3.63, 3.8) is 0 Å². The number of benzene rings is 1. The van der Waals surface area contributed by atoms with Crippen molar-refractivity contribution < 1.29 is 9.84 Å². The van der Waals surface area contributed by atoms with Crippen LogP contribution in [-0.2, 0) is 5.41 Å². The molecule has 0 spiro atoms. The first-order chi connectivity index (χ1) is 9.17. The number of ether oxygens (including phenoxy) is 1. The Morgan fingerprint density at radius 1 is 1.32 bits per heavy atom. The molecule has 1 aliphatic carbocycles. The minimum atomic E-state index is 0.237. The Kier molecular flexibility index (Phi) is 3.17. The van der Waals surface area contributed by atoms with Gasteiger partial charge in [0.1, 0.15) is 0 Å².